The van der Waals surface area contributed by atoms with Gasteiger partial charge in [0.2, 0.25) is 5.95 Å². The molecule has 0 radical (unpaired) electrons. The fourth-order valence-corrected chi connectivity index (χ4v) is 4.67. The van der Waals surface area contributed by atoms with Crippen molar-refractivity contribution in [2.24, 2.45) is 5.73 Å². The van der Waals surface area contributed by atoms with Gasteiger partial charge in [0.1, 0.15) is 12.3 Å². The van der Waals surface area contributed by atoms with Crippen LogP contribution in [-0.2, 0) is 11.3 Å². The number of hydrogen-bond donors (Lipinski definition) is 3. The Bertz CT molecular complexity index is 1290. The molecule has 0 spiro atoms. The lowest BCUT2D eigenvalue weighted by Crippen LogP contribution is -2.42. The van der Waals surface area contributed by atoms with Crippen LogP contribution in [0.1, 0.15) is 30.6 Å². The van der Waals surface area contributed by atoms with Crippen LogP contribution in [0.25, 0.3) is 22.2 Å². The van der Waals surface area contributed by atoms with E-state index in [1.807, 2.05) is 11.5 Å². The number of nitrogens with zero attached hydrogens (tertiary/aromatic N) is 3. The molecule has 1 fully saturated rings. The Morgan fingerprint density at radius 3 is 2.94 bits per heavy atom. The van der Waals surface area contributed by atoms with Gasteiger partial charge < -0.3 is 30.2 Å². The molecule has 1 saturated heterocycles. The predicted octanol–water partition coefficient (Wildman–Crippen LogP) is 1.88. The maximum absolute atomic E-state index is 14.9. The maximum atomic E-state index is 14.9. The summed E-state index contributed by atoms with van der Waals surface area (Å²) in [6.45, 7) is 5.03. The number of rotatable bonds is 4. The van der Waals surface area contributed by atoms with Gasteiger partial charge >= 0.3 is 0 Å². The molecule has 0 aliphatic carbocycles. The van der Waals surface area contributed by atoms with Crippen LogP contribution in [0.2, 0.25) is 0 Å². The minimum atomic E-state index is -0.713. The van der Waals surface area contributed by atoms with Gasteiger partial charge in [0, 0.05) is 35.4 Å². The normalized spacial score (nSPS) is 22.3. The molecule has 9 nitrogen and oxygen atoms in total. The topological polar surface area (TPSA) is 125 Å². The highest BCUT2D eigenvalue weighted by molar-refractivity contribution is 5.93. The number of ether oxygens (including phenoxy) is 2. The van der Waals surface area contributed by atoms with Crippen molar-refractivity contribution in [2.75, 3.05) is 25.1 Å². The second-order valence-corrected chi connectivity index (χ2v) is 8.55. The molecule has 2 aliphatic heterocycles. The fraction of sp³-hybridized carbons (Fsp3) is 0.435. The molecule has 174 valence electrons. The first kappa shape index (κ1) is 21.7. The van der Waals surface area contributed by atoms with Crippen LogP contribution in [0, 0.1) is 12.7 Å². The van der Waals surface area contributed by atoms with Crippen LogP contribution < -0.4 is 21.2 Å². The van der Waals surface area contributed by atoms with Crippen LogP contribution in [-0.4, -0.2) is 51.6 Å². The van der Waals surface area contributed by atoms with Gasteiger partial charge in [-0.1, -0.05) is 0 Å². The number of nitrogens with two attached hydrogens (primary N) is 1. The number of anilines is 1. The summed E-state index contributed by atoms with van der Waals surface area (Å²) in [5.74, 6) is -0.0317. The van der Waals surface area contributed by atoms with Gasteiger partial charge in [0.05, 0.1) is 36.5 Å². The molecular weight excluding hydrogens is 429 g/mol. The van der Waals surface area contributed by atoms with Crippen molar-refractivity contribution in [3.8, 4) is 17.0 Å². The lowest BCUT2D eigenvalue weighted by atomic mass is 10.0. The third-order valence-electron chi connectivity index (χ3n) is 6.42. The number of benzene rings is 1. The van der Waals surface area contributed by atoms with E-state index < -0.39 is 11.9 Å². The molecule has 5 rings (SSSR count). The number of aromatic nitrogens is 3. The monoisotopic (exact) mass is 455 g/mol. The van der Waals surface area contributed by atoms with E-state index in [4.69, 9.17) is 15.2 Å². The maximum Gasteiger partial charge on any atom is 0.223 e. The molecule has 2 aromatic heterocycles. The van der Waals surface area contributed by atoms with Crippen molar-refractivity contribution < 1.29 is 19.0 Å². The molecule has 1 aromatic carbocycles. The number of aliphatic hydroxyl groups is 1. The van der Waals surface area contributed by atoms with Gasteiger partial charge in [-0.3, -0.25) is 4.79 Å². The molecule has 0 saturated carbocycles. The van der Waals surface area contributed by atoms with Gasteiger partial charge in [-0.25, -0.2) is 14.4 Å². The van der Waals surface area contributed by atoms with E-state index in [-0.39, 0.29) is 42.3 Å². The molecule has 33 heavy (non-hydrogen) atoms. The summed E-state index contributed by atoms with van der Waals surface area (Å²) in [7, 11) is 0. The first-order valence-electron chi connectivity index (χ1n) is 11.0. The third kappa shape index (κ3) is 3.54. The number of halogens is 1. The molecular formula is C23H26FN5O4. The van der Waals surface area contributed by atoms with Crippen molar-refractivity contribution in [3.63, 3.8) is 0 Å². The molecule has 0 bridgehead atoms. The molecule has 3 atom stereocenters. The standard InChI is InChI=1S/C23H26FN5O4/c1-11-9-33-22-13(3-4-14-20(22)29(11)17(7-25)12(2)21(14)31)19-15(24)8-26-23(28-19)27-16-5-6-32-10-18(16)30/h3-4,8,11,16,18,30H,5-7,9-10,25H2,1-2H3,(H,26,27,28)/t11?,16-,18-/m1/s1. The first-order valence-corrected chi connectivity index (χ1v) is 11.0. The Hall–Kier alpha value is -3.08. The van der Waals surface area contributed by atoms with Crippen LogP contribution in [0.5, 0.6) is 5.75 Å². The van der Waals surface area contributed by atoms with E-state index in [1.54, 1.807) is 19.1 Å². The molecule has 10 heteroatoms. The minimum absolute atomic E-state index is 0.0458. The van der Waals surface area contributed by atoms with Crippen LogP contribution in [0.3, 0.4) is 0 Å². The zero-order valence-electron chi connectivity index (χ0n) is 18.5. The fourth-order valence-electron chi connectivity index (χ4n) is 4.67. The smallest absolute Gasteiger partial charge is 0.223 e. The zero-order chi connectivity index (χ0) is 23.3. The van der Waals surface area contributed by atoms with E-state index in [0.717, 1.165) is 11.9 Å². The molecule has 0 amide bonds. The van der Waals surface area contributed by atoms with Gasteiger partial charge in [0.15, 0.2) is 17.0 Å². The van der Waals surface area contributed by atoms with Crippen molar-refractivity contribution in [3.05, 3.63) is 45.6 Å². The van der Waals surface area contributed by atoms with E-state index in [0.29, 0.717) is 47.4 Å². The van der Waals surface area contributed by atoms with Crippen molar-refractivity contribution in [1.29, 1.82) is 0 Å². The summed E-state index contributed by atoms with van der Waals surface area (Å²) in [6.07, 6.45) is 0.953. The van der Waals surface area contributed by atoms with Crippen LogP contribution in [0.4, 0.5) is 10.3 Å². The number of hydrogen-bond acceptors (Lipinski definition) is 8. The lowest BCUT2D eigenvalue weighted by molar-refractivity contribution is -0.0136. The molecule has 3 aromatic rings. The van der Waals surface area contributed by atoms with Crippen molar-refractivity contribution >= 4 is 16.9 Å². The van der Waals surface area contributed by atoms with Gasteiger partial charge in [-0.2, -0.15) is 0 Å². The zero-order valence-corrected chi connectivity index (χ0v) is 18.5. The van der Waals surface area contributed by atoms with E-state index in [1.165, 1.54) is 0 Å². The van der Waals surface area contributed by atoms with E-state index in [2.05, 4.69) is 15.3 Å². The summed E-state index contributed by atoms with van der Waals surface area (Å²) >= 11 is 0. The summed E-state index contributed by atoms with van der Waals surface area (Å²) in [4.78, 5) is 21.5. The highest BCUT2D eigenvalue weighted by Crippen LogP contribution is 2.41. The largest absolute Gasteiger partial charge is 0.489 e. The Labute approximate surface area is 189 Å². The second-order valence-electron chi connectivity index (χ2n) is 8.55. The quantitative estimate of drug-likeness (QED) is 0.545. The summed E-state index contributed by atoms with van der Waals surface area (Å²) < 4.78 is 28.3. The second kappa shape index (κ2) is 8.36. The van der Waals surface area contributed by atoms with Crippen LogP contribution in [0.15, 0.2) is 23.1 Å². The highest BCUT2D eigenvalue weighted by Gasteiger charge is 2.29. The molecule has 4 heterocycles. The summed E-state index contributed by atoms with van der Waals surface area (Å²) in [6, 6.07) is 2.98. The average Bonchev–Trinajstić information content (AvgIpc) is 2.81. The van der Waals surface area contributed by atoms with E-state index in [9.17, 15) is 14.3 Å². The number of aliphatic hydroxyl groups excluding tert-OH is 1. The summed E-state index contributed by atoms with van der Waals surface area (Å²) in [5, 5.41) is 13.7. The van der Waals surface area contributed by atoms with Crippen molar-refractivity contribution in [1.82, 2.24) is 14.5 Å². The molecule has 1 unspecified atom stereocenters. The molecule has 2 aliphatic rings. The highest BCUT2D eigenvalue weighted by atomic mass is 19.1. The Morgan fingerprint density at radius 2 is 2.18 bits per heavy atom. The Morgan fingerprint density at radius 1 is 1.36 bits per heavy atom. The summed E-state index contributed by atoms with van der Waals surface area (Å²) in [5.41, 5.74) is 8.28. The Kier molecular flexibility index (Phi) is 5.51. The van der Waals surface area contributed by atoms with Gasteiger partial charge in [-0.05, 0) is 32.4 Å². The predicted molar refractivity (Wildman–Crippen MR) is 121 cm³/mol. The van der Waals surface area contributed by atoms with Gasteiger partial charge in [-0.15, -0.1) is 0 Å². The van der Waals surface area contributed by atoms with Crippen molar-refractivity contribution in [2.45, 2.75) is 45.0 Å². The number of pyridine rings is 1. The van der Waals surface area contributed by atoms with E-state index >= 15 is 0 Å². The SMILES string of the molecule is Cc1c(CN)n2c3c(c(-c4nc(N[C@@H]5CCOC[C@H]5O)ncc4F)ccc3c1=O)OCC2C. The lowest BCUT2D eigenvalue weighted by Gasteiger charge is -2.31. The first-order chi connectivity index (χ1) is 15.9. The van der Waals surface area contributed by atoms with Crippen LogP contribution >= 0.6 is 0 Å². The van der Waals surface area contributed by atoms with Gasteiger partial charge in [0.25, 0.3) is 0 Å². The average molecular weight is 455 g/mol. The minimum Gasteiger partial charge on any atom is -0.489 e. The third-order valence-corrected chi connectivity index (χ3v) is 6.42. The molecule has 4 N–H and O–H groups in total. The number of nitrogens with one attached hydrogen (secondary N) is 1. The Balaban J connectivity index is 1.67.